The highest BCUT2D eigenvalue weighted by atomic mass is 16.5. The van der Waals surface area contributed by atoms with E-state index in [0.29, 0.717) is 11.0 Å². The Hall–Kier alpha value is -3.68. The van der Waals surface area contributed by atoms with Gasteiger partial charge in [-0.25, -0.2) is 4.52 Å². The SMILES string of the molecule is COc1ccc(C(C)NC(=O)c2nnn3c2c(=O)[nH]c2cc(C)ccc23)cc1. The van der Waals surface area contributed by atoms with Crippen LogP contribution in [0.4, 0.5) is 0 Å². The van der Waals surface area contributed by atoms with Crippen LogP contribution >= 0.6 is 0 Å². The van der Waals surface area contributed by atoms with Crippen molar-refractivity contribution in [2.75, 3.05) is 7.11 Å². The van der Waals surface area contributed by atoms with Gasteiger partial charge in [0.15, 0.2) is 11.2 Å². The van der Waals surface area contributed by atoms with Crippen molar-refractivity contribution >= 4 is 22.5 Å². The molecule has 142 valence electrons. The molecule has 2 aromatic heterocycles. The van der Waals surface area contributed by atoms with Gasteiger partial charge in [0, 0.05) is 0 Å². The Bertz CT molecular complexity index is 1240. The summed E-state index contributed by atoms with van der Waals surface area (Å²) in [5.74, 6) is 0.274. The van der Waals surface area contributed by atoms with E-state index in [1.807, 2.05) is 56.3 Å². The van der Waals surface area contributed by atoms with E-state index in [4.69, 9.17) is 4.74 Å². The van der Waals surface area contributed by atoms with Crippen LogP contribution in [0.5, 0.6) is 5.75 Å². The minimum absolute atomic E-state index is 0.0101. The van der Waals surface area contributed by atoms with Gasteiger partial charge in [-0.05, 0) is 49.2 Å². The fourth-order valence-electron chi connectivity index (χ4n) is 3.16. The molecule has 8 heteroatoms. The number of nitrogens with one attached hydrogen (secondary N) is 2. The quantitative estimate of drug-likeness (QED) is 0.569. The molecular formula is C20H19N5O3. The molecule has 2 aromatic carbocycles. The van der Waals surface area contributed by atoms with Gasteiger partial charge < -0.3 is 15.0 Å². The third-order valence-corrected chi connectivity index (χ3v) is 4.69. The first kappa shape index (κ1) is 17.7. The molecule has 0 spiro atoms. The van der Waals surface area contributed by atoms with Crippen molar-refractivity contribution < 1.29 is 9.53 Å². The maximum atomic E-state index is 12.8. The van der Waals surface area contributed by atoms with Crippen LogP contribution in [0.25, 0.3) is 16.6 Å². The van der Waals surface area contributed by atoms with Gasteiger partial charge in [-0.15, -0.1) is 5.10 Å². The van der Waals surface area contributed by atoms with Gasteiger partial charge in [0.25, 0.3) is 11.5 Å². The molecule has 0 aliphatic carbocycles. The molecule has 2 heterocycles. The van der Waals surface area contributed by atoms with Crippen molar-refractivity contribution in [3.8, 4) is 5.75 Å². The third-order valence-electron chi connectivity index (χ3n) is 4.69. The molecule has 1 amide bonds. The van der Waals surface area contributed by atoms with Crippen molar-refractivity contribution in [2.24, 2.45) is 0 Å². The highest BCUT2D eigenvalue weighted by Crippen LogP contribution is 2.19. The lowest BCUT2D eigenvalue weighted by atomic mass is 10.1. The second-order valence-corrected chi connectivity index (χ2v) is 6.64. The van der Waals surface area contributed by atoms with Crippen LogP contribution in [0.1, 0.15) is 34.6 Å². The summed E-state index contributed by atoms with van der Waals surface area (Å²) in [5, 5.41) is 10.9. The Labute approximate surface area is 160 Å². The van der Waals surface area contributed by atoms with E-state index in [-0.39, 0.29) is 17.3 Å². The highest BCUT2D eigenvalue weighted by molar-refractivity contribution is 5.99. The smallest absolute Gasteiger partial charge is 0.277 e. The average Bonchev–Trinajstić information content (AvgIpc) is 3.14. The van der Waals surface area contributed by atoms with E-state index >= 15 is 0 Å². The van der Waals surface area contributed by atoms with E-state index in [0.717, 1.165) is 16.9 Å². The molecule has 1 atom stereocenters. The third kappa shape index (κ3) is 2.98. The van der Waals surface area contributed by atoms with Gasteiger partial charge in [0.1, 0.15) is 5.75 Å². The Morgan fingerprint density at radius 1 is 1.21 bits per heavy atom. The van der Waals surface area contributed by atoms with Gasteiger partial charge in [-0.3, -0.25) is 9.59 Å². The summed E-state index contributed by atoms with van der Waals surface area (Å²) in [6, 6.07) is 12.7. The van der Waals surface area contributed by atoms with Crippen LogP contribution in [0, 0.1) is 6.92 Å². The first-order valence-electron chi connectivity index (χ1n) is 8.81. The standard InChI is InChI=1S/C20H19N5O3/c1-11-4-9-16-15(10-11)22-20(27)18-17(23-24-25(16)18)19(26)21-12(2)13-5-7-14(28-3)8-6-13/h4-10,12H,1-3H3,(H,21,26)(H,22,27). The fraction of sp³-hybridized carbons (Fsp3) is 0.200. The maximum absolute atomic E-state index is 12.8. The molecule has 8 nitrogen and oxygen atoms in total. The largest absolute Gasteiger partial charge is 0.497 e. The number of aromatic amines is 1. The summed E-state index contributed by atoms with van der Waals surface area (Å²) in [5.41, 5.74) is 2.93. The molecule has 0 bridgehead atoms. The minimum Gasteiger partial charge on any atom is -0.497 e. The molecule has 28 heavy (non-hydrogen) atoms. The number of carbonyl (C=O) groups excluding carboxylic acids is 1. The van der Waals surface area contributed by atoms with Crippen LogP contribution in [-0.4, -0.2) is 32.8 Å². The zero-order chi connectivity index (χ0) is 19.8. The Balaban J connectivity index is 1.69. The number of nitrogens with zero attached hydrogens (tertiary/aromatic N) is 3. The number of hydrogen-bond donors (Lipinski definition) is 2. The Kier molecular flexibility index (Phi) is 4.31. The number of rotatable bonds is 4. The number of methoxy groups -OCH3 is 1. The number of fused-ring (bicyclic) bond motifs is 3. The van der Waals surface area contributed by atoms with Gasteiger partial charge in [-0.2, -0.15) is 0 Å². The average molecular weight is 377 g/mol. The van der Waals surface area contributed by atoms with E-state index in [9.17, 15) is 9.59 Å². The first-order chi connectivity index (χ1) is 13.5. The molecule has 0 saturated heterocycles. The normalized spacial score (nSPS) is 12.2. The number of H-pyrrole nitrogens is 1. The Morgan fingerprint density at radius 2 is 1.96 bits per heavy atom. The molecule has 0 aliphatic rings. The monoisotopic (exact) mass is 377 g/mol. The molecule has 0 radical (unpaired) electrons. The van der Waals surface area contributed by atoms with Crippen molar-refractivity contribution in [3.63, 3.8) is 0 Å². The first-order valence-corrected chi connectivity index (χ1v) is 8.81. The van der Waals surface area contributed by atoms with Gasteiger partial charge >= 0.3 is 0 Å². The lowest BCUT2D eigenvalue weighted by molar-refractivity contribution is 0.0936. The number of hydrogen-bond acceptors (Lipinski definition) is 5. The molecule has 0 fully saturated rings. The number of benzene rings is 2. The molecule has 0 aliphatic heterocycles. The van der Waals surface area contributed by atoms with Crippen LogP contribution in [0.2, 0.25) is 0 Å². The molecule has 4 aromatic rings. The zero-order valence-electron chi connectivity index (χ0n) is 15.7. The number of carbonyl (C=O) groups is 1. The van der Waals surface area contributed by atoms with Crippen LogP contribution in [0.3, 0.4) is 0 Å². The second-order valence-electron chi connectivity index (χ2n) is 6.64. The maximum Gasteiger partial charge on any atom is 0.277 e. The molecule has 0 saturated carbocycles. The number of aryl methyl sites for hydroxylation is 1. The van der Waals surface area contributed by atoms with Crippen LogP contribution < -0.4 is 15.6 Å². The fourth-order valence-corrected chi connectivity index (χ4v) is 3.16. The van der Waals surface area contributed by atoms with Crippen molar-refractivity contribution in [1.29, 1.82) is 0 Å². The van der Waals surface area contributed by atoms with E-state index < -0.39 is 11.5 Å². The lowest BCUT2D eigenvalue weighted by Gasteiger charge is -2.14. The zero-order valence-corrected chi connectivity index (χ0v) is 15.7. The Morgan fingerprint density at radius 3 is 2.68 bits per heavy atom. The summed E-state index contributed by atoms with van der Waals surface area (Å²) >= 11 is 0. The van der Waals surface area contributed by atoms with Crippen molar-refractivity contribution in [3.05, 3.63) is 69.6 Å². The summed E-state index contributed by atoms with van der Waals surface area (Å²) in [6.07, 6.45) is 0. The van der Waals surface area contributed by atoms with Gasteiger partial charge in [0.2, 0.25) is 0 Å². The minimum atomic E-state index is -0.463. The second kappa shape index (κ2) is 6.80. The number of amides is 1. The van der Waals surface area contributed by atoms with Crippen molar-refractivity contribution in [1.82, 2.24) is 25.1 Å². The number of ether oxygens (including phenoxy) is 1. The summed E-state index contributed by atoms with van der Waals surface area (Å²) < 4.78 is 6.55. The number of aromatic nitrogens is 4. The van der Waals surface area contributed by atoms with Crippen molar-refractivity contribution in [2.45, 2.75) is 19.9 Å². The van der Waals surface area contributed by atoms with E-state index in [2.05, 4.69) is 20.6 Å². The predicted octanol–water partition coefficient (Wildman–Crippen LogP) is 2.38. The summed E-state index contributed by atoms with van der Waals surface area (Å²) in [6.45, 7) is 3.79. The predicted molar refractivity (Wildman–Crippen MR) is 105 cm³/mol. The van der Waals surface area contributed by atoms with Crippen LogP contribution in [0.15, 0.2) is 47.3 Å². The highest BCUT2D eigenvalue weighted by Gasteiger charge is 2.21. The molecular weight excluding hydrogens is 358 g/mol. The summed E-state index contributed by atoms with van der Waals surface area (Å²) in [4.78, 5) is 28.1. The van der Waals surface area contributed by atoms with Gasteiger partial charge in [0.05, 0.1) is 24.2 Å². The summed E-state index contributed by atoms with van der Waals surface area (Å²) in [7, 11) is 1.60. The van der Waals surface area contributed by atoms with E-state index in [1.54, 1.807) is 7.11 Å². The van der Waals surface area contributed by atoms with Crippen LogP contribution in [-0.2, 0) is 0 Å². The molecule has 4 rings (SSSR count). The molecule has 2 N–H and O–H groups in total. The van der Waals surface area contributed by atoms with Gasteiger partial charge in [-0.1, -0.05) is 23.4 Å². The lowest BCUT2D eigenvalue weighted by Crippen LogP contribution is -2.28. The molecule has 1 unspecified atom stereocenters. The topological polar surface area (TPSA) is 101 Å². The van der Waals surface area contributed by atoms with E-state index in [1.165, 1.54) is 4.52 Å².